The Bertz CT molecular complexity index is 450. The van der Waals surface area contributed by atoms with E-state index in [1.165, 1.54) is 25.7 Å². The predicted molar refractivity (Wildman–Crippen MR) is 87.8 cm³/mol. The zero-order chi connectivity index (χ0) is 15.1. The van der Waals surface area contributed by atoms with E-state index in [-0.39, 0.29) is 5.92 Å². The van der Waals surface area contributed by atoms with Gasteiger partial charge in [-0.1, -0.05) is 44.7 Å². The first-order valence-corrected chi connectivity index (χ1v) is 8.34. The second-order valence-corrected chi connectivity index (χ2v) is 6.19. The molecule has 1 saturated carbocycles. The van der Waals surface area contributed by atoms with Crippen LogP contribution in [0.2, 0.25) is 0 Å². The molecular weight excluding hydrogens is 260 g/mol. The number of amides is 1. The lowest BCUT2D eigenvalue weighted by atomic mass is 9.98. The Morgan fingerprint density at radius 3 is 2.57 bits per heavy atom. The van der Waals surface area contributed by atoms with Gasteiger partial charge in [0.25, 0.3) is 0 Å². The summed E-state index contributed by atoms with van der Waals surface area (Å²) in [6.45, 7) is 3.66. The van der Waals surface area contributed by atoms with Crippen LogP contribution in [0.3, 0.4) is 0 Å². The van der Waals surface area contributed by atoms with Crippen LogP contribution in [0.25, 0.3) is 0 Å². The number of hydrogen-bond acceptors (Lipinski definition) is 2. The van der Waals surface area contributed by atoms with E-state index < -0.39 is 0 Å². The van der Waals surface area contributed by atoms with Gasteiger partial charge in [-0.25, -0.2) is 0 Å². The van der Waals surface area contributed by atoms with Gasteiger partial charge in [0.1, 0.15) is 0 Å². The Morgan fingerprint density at radius 1 is 1.24 bits per heavy atom. The van der Waals surface area contributed by atoms with Crippen molar-refractivity contribution >= 4 is 11.6 Å². The number of anilines is 1. The lowest BCUT2D eigenvalue weighted by Gasteiger charge is -2.27. The third kappa shape index (κ3) is 4.76. The van der Waals surface area contributed by atoms with Crippen LogP contribution in [-0.2, 0) is 11.3 Å². The minimum atomic E-state index is 0.236. The minimum Gasteiger partial charge on any atom is -0.399 e. The first-order valence-electron chi connectivity index (χ1n) is 8.34. The highest BCUT2D eigenvalue weighted by molar-refractivity contribution is 5.78. The second kappa shape index (κ2) is 8.06. The summed E-state index contributed by atoms with van der Waals surface area (Å²) in [5, 5.41) is 0. The Hall–Kier alpha value is -1.51. The van der Waals surface area contributed by atoms with Crippen LogP contribution < -0.4 is 5.73 Å². The molecule has 1 amide bonds. The summed E-state index contributed by atoms with van der Waals surface area (Å²) in [5.74, 6) is 0.585. The van der Waals surface area contributed by atoms with E-state index in [1.54, 1.807) is 0 Å². The molecule has 1 aliphatic rings. The summed E-state index contributed by atoms with van der Waals surface area (Å²) in [6.07, 6.45) is 8.11. The maximum absolute atomic E-state index is 12.8. The van der Waals surface area contributed by atoms with Gasteiger partial charge in [0.05, 0.1) is 0 Å². The zero-order valence-electron chi connectivity index (χ0n) is 13.2. The second-order valence-electron chi connectivity index (χ2n) is 6.19. The summed E-state index contributed by atoms with van der Waals surface area (Å²) in [7, 11) is 0. The average Bonchev–Trinajstić information content (AvgIpc) is 2.75. The van der Waals surface area contributed by atoms with E-state index in [0.717, 1.165) is 37.1 Å². The number of carbonyl (C=O) groups excluding carboxylic acids is 1. The number of hydrogen-bond donors (Lipinski definition) is 1. The highest BCUT2D eigenvalue weighted by Gasteiger charge is 2.24. The SMILES string of the molecule is CCCN(Cc1cccc(N)c1)C(=O)C1CCCCCC1. The molecule has 2 N–H and O–H groups in total. The molecule has 1 fully saturated rings. The smallest absolute Gasteiger partial charge is 0.225 e. The molecule has 21 heavy (non-hydrogen) atoms. The highest BCUT2D eigenvalue weighted by atomic mass is 16.2. The Morgan fingerprint density at radius 2 is 1.95 bits per heavy atom. The fourth-order valence-electron chi connectivity index (χ4n) is 3.23. The Labute approximate surface area is 128 Å². The molecule has 0 atom stereocenters. The first kappa shape index (κ1) is 15.9. The first-order chi connectivity index (χ1) is 10.2. The largest absolute Gasteiger partial charge is 0.399 e. The molecule has 0 radical (unpaired) electrons. The quantitative estimate of drug-likeness (QED) is 0.658. The van der Waals surface area contributed by atoms with E-state index in [9.17, 15) is 4.79 Å². The fourth-order valence-corrected chi connectivity index (χ4v) is 3.23. The van der Waals surface area contributed by atoms with E-state index in [1.807, 2.05) is 23.1 Å². The van der Waals surface area contributed by atoms with Crippen molar-refractivity contribution in [1.82, 2.24) is 4.90 Å². The van der Waals surface area contributed by atoms with Crippen molar-refractivity contribution in [3.8, 4) is 0 Å². The van der Waals surface area contributed by atoms with Crippen molar-refractivity contribution in [2.45, 2.75) is 58.4 Å². The molecule has 3 nitrogen and oxygen atoms in total. The highest BCUT2D eigenvalue weighted by Crippen LogP contribution is 2.25. The lowest BCUT2D eigenvalue weighted by Crippen LogP contribution is -2.36. The van der Waals surface area contributed by atoms with Gasteiger partial charge in [-0.3, -0.25) is 4.79 Å². The van der Waals surface area contributed by atoms with E-state index >= 15 is 0 Å². The zero-order valence-corrected chi connectivity index (χ0v) is 13.2. The van der Waals surface area contributed by atoms with Gasteiger partial charge in [-0.05, 0) is 37.0 Å². The molecule has 0 heterocycles. The van der Waals surface area contributed by atoms with Gasteiger partial charge < -0.3 is 10.6 Å². The molecule has 0 spiro atoms. The summed E-state index contributed by atoms with van der Waals surface area (Å²) in [6, 6.07) is 7.88. The molecule has 0 unspecified atom stereocenters. The van der Waals surface area contributed by atoms with Gasteiger partial charge in [0, 0.05) is 24.7 Å². The van der Waals surface area contributed by atoms with Crippen LogP contribution in [0.1, 0.15) is 57.4 Å². The molecular formula is C18H28N2O. The fraction of sp³-hybridized carbons (Fsp3) is 0.611. The van der Waals surface area contributed by atoms with Crippen molar-refractivity contribution in [3.05, 3.63) is 29.8 Å². The molecule has 1 aliphatic carbocycles. The maximum atomic E-state index is 12.8. The van der Waals surface area contributed by atoms with Crippen LogP contribution in [0.15, 0.2) is 24.3 Å². The average molecular weight is 288 g/mol. The maximum Gasteiger partial charge on any atom is 0.225 e. The number of benzene rings is 1. The summed E-state index contributed by atoms with van der Waals surface area (Å²) in [4.78, 5) is 14.9. The van der Waals surface area contributed by atoms with Crippen LogP contribution in [0, 0.1) is 5.92 Å². The van der Waals surface area contributed by atoms with Crippen LogP contribution in [-0.4, -0.2) is 17.4 Å². The van der Waals surface area contributed by atoms with Crippen molar-refractivity contribution in [3.63, 3.8) is 0 Å². The van der Waals surface area contributed by atoms with Gasteiger partial charge in [0.2, 0.25) is 5.91 Å². The number of carbonyl (C=O) groups is 1. The molecule has 1 aromatic carbocycles. The standard InChI is InChI=1S/C18H28N2O/c1-2-12-20(14-15-8-7-11-17(19)13-15)18(21)16-9-5-3-4-6-10-16/h7-8,11,13,16H,2-6,9-10,12,14,19H2,1H3. The molecule has 116 valence electrons. The topological polar surface area (TPSA) is 46.3 Å². The van der Waals surface area contributed by atoms with Gasteiger partial charge in [-0.2, -0.15) is 0 Å². The number of rotatable bonds is 5. The van der Waals surface area contributed by atoms with Crippen LogP contribution in [0.5, 0.6) is 0 Å². The van der Waals surface area contributed by atoms with Gasteiger partial charge in [-0.15, -0.1) is 0 Å². The number of nitrogens with two attached hydrogens (primary N) is 1. The Kier molecular flexibility index (Phi) is 6.09. The van der Waals surface area contributed by atoms with Gasteiger partial charge in [0.15, 0.2) is 0 Å². The molecule has 0 aromatic heterocycles. The van der Waals surface area contributed by atoms with Crippen molar-refractivity contribution in [2.24, 2.45) is 5.92 Å². The molecule has 0 bridgehead atoms. The number of nitrogens with zero attached hydrogens (tertiary/aromatic N) is 1. The Balaban J connectivity index is 2.04. The van der Waals surface area contributed by atoms with Crippen LogP contribution >= 0.6 is 0 Å². The molecule has 3 heteroatoms. The number of nitrogen functional groups attached to an aromatic ring is 1. The summed E-state index contributed by atoms with van der Waals surface area (Å²) in [5.41, 5.74) is 7.74. The van der Waals surface area contributed by atoms with Crippen molar-refractivity contribution in [2.75, 3.05) is 12.3 Å². The van der Waals surface area contributed by atoms with E-state index in [4.69, 9.17) is 5.73 Å². The minimum absolute atomic E-state index is 0.236. The third-order valence-corrected chi connectivity index (χ3v) is 4.33. The van der Waals surface area contributed by atoms with Crippen LogP contribution in [0.4, 0.5) is 5.69 Å². The molecule has 1 aromatic rings. The molecule has 0 aliphatic heterocycles. The predicted octanol–water partition coefficient (Wildman–Crippen LogP) is 3.98. The summed E-state index contributed by atoms with van der Waals surface area (Å²) < 4.78 is 0. The molecule has 2 rings (SSSR count). The lowest BCUT2D eigenvalue weighted by molar-refractivity contribution is -0.136. The van der Waals surface area contributed by atoms with E-state index in [0.29, 0.717) is 12.5 Å². The van der Waals surface area contributed by atoms with Gasteiger partial charge >= 0.3 is 0 Å². The van der Waals surface area contributed by atoms with Crippen molar-refractivity contribution < 1.29 is 4.79 Å². The van der Waals surface area contributed by atoms with Crippen molar-refractivity contribution in [1.29, 1.82) is 0 Å². The monoisotopic (exact) mass is 288 g/mol. The third-order valence-electron chi connectivity index (χ3n) is 4.33. The summed E-state index contributed by atoms with van der Waals surface area (Å²) >= 11 is 0. The molecule has 0 saturated heterocycles. The van der Waals surface area contributed by atoms with E-state index in [2.05, 4.69) is 13.0 Å². The normalized spacial score (nSPS) is 16.4.